The van der Waals surface area contributed by atoms with Gasteiger partial charge in [-0.1, -0.05) is 24.3 Å². The standard InChI is InChI=1S/C19H18F3N3O4/c20-19(21,22)8-9-23-18(29)25-15-3-1-2-14(10-15)12-4-6-13(7-5-12)17(28)24-11-16(26)27/h1-7,10H,8-9,11H2,(H,24,28)(H,26,27)(H2,23,25,29). The lowest BCUT2D eigenvalue weighted by Gasteiger charge is -2.10. The highest BCUT2D eigenvalue weighted by Crippen LogP contribution is 2.23. The van der Waals surface area contributed by atoms with E-state index in [-0.39, 0.29) is 5.56 Å². The smallest absolute Gasteiger partial charge is 0.390 e. The van der Waals surface area contributed by atoms with Gasteiger partial charge in [0.15, 0.2) is 0 Å². The van der Waals surface area contributed by atoms with Crippen LogP contribution in [0.1, 0.15) is 16.8 Å². The molecule has 0 saturated heterocycles. The molecule has 0 atom stereocenters. The Labute approximate surface area is 163 Å². The van der Waals surface area contributed by atoms with E-state index < -0.39 is 43.6 Å². The van der Waals surface area contributed by atoms with Gasteiger partial charge in [-0.2, -0.15) is 13.2 Å². The summed E-state index contributed by atoms with van der Waals surface area (Å²) in [4.78, 5) is 34.0. The normalized spacial score (nSPS) is 10.9. The highest BCUT2D eigenvalue weighted by atomic mass is 19.4. The monoisotopic (exact) mass is 409 g/mol. The topological polar surface area (TPSA) is 108 Å². The summed E-state index contributed by atoms with van der Waals surface area (Å²) in [6.07, 6.45) is -5.46. The van der Waals surface area contributed by atoms with Gasteiger partial charge in [0, 0.05) is 17.8 Å². The molecule has 2 aromatic rings. The van der Waals surface area contributed by atoms with Gasteiger partial charge in [-0.15, -0.1) is 0 Å². The maximum Gasteiger partial charge on any atom is 0.390 e. The van der Waals surface area contributed by atoms with E-state index in [1.165, 1.54) is 12.1 Å². The second-order valence-electron chi connectivity index (χ2n) is 5.98. The first-order valence-electron chi connectivity index (χ1n) is 8.46. The van der Waals surface area contributed by atoms with E-state index in [0.29, 0.717) is 11.3 Å². The number of hydrogen-bond acceptors (Lipinski definition) is 3. The van der Waals surface area contributed by atoms with Crippen LogP contribution in [-0.4, -0.2) is 42.3 Å². The van der Waals surface area contributed by atoms with E-state index >= 15 is 0 Å². The zero-order chi connectivity index (χ0) is 21.4. The Morgan fingerprint density at radius 2 is 1.62 bits per heavy atom. The van der Waals surface area contributed by atoms with Crippen LogP contribution >= 0.6 is 0 Å². The number of anilines is 1. The van der Waals surface area contributed by atoms with Gasteiger partial charge in [0.25, 0.3) is 5.91 Å². The summed E-state index contributed by atoms with van der Waals surface area (Å²) in [6, 6.07) is 12.2. The average Bonchev–Trinajstić information content (AvgIpc) is 2.65. The van der Waals surface area contributed by atoms with Crippen LogP contribution in [0.25, 0.3) is 11.1 Å². The number of rotatable bonds is 7. The maximum atomic E-state index is 12.1. The van der Waals surface area contributed by atoms with Gasteiger partial charge in [0.1, 0.15) is 6.54 Å². The fraction of sp³-hybridized carbons (Fsp3) is 0.211. The summed E-state index contributed by atoms with van der Waals surface area (Å²) in [7, 11) is 0. The largest absolute Gasteiger partial charge is 0.480 e. The molecular weight excluding hydrogens is 391 g/mol. The highest BCUT2D eigenvalue weighted by Gasteiger charge is 2.26. The van der Waals surface area contributed by atoms with Crippen LogP contribution in [0.3, 0.4) is 0 Å². The lowest BCUT2D eigenvalue weighted by molar-refractivity contribution is -0.136. The van der Waals surface area contributed by atoms with E-state index in [2.05, 4.69) is 16.0 Å². The molecule has 7 nitrogen and oxygen atoms in total. The number of hydrogen-bond donors (Lipinski definition) is 4. The molecular formula is C19H18F3N3O4. The Bertz CT molecular complexity index is 883. The van der Waals surface area contributed by atoms with Crippen molar-refractivity contribution in [1.82, 2.24) is 10.6 Å². The van der Waals surface area contributed by atoms with Crippen molar-refractivity contribution in [2.45, 2.75) is 12.6 Å². The van der Waals surface area contributed by atoms with Crippen LogP contribution in [0.2, 0.25) is 0 Å². The van der Waals surface area contributed by atoms with E-state index in [9.17, 15) is 27.6 Å². The number of aliphatic carboxylic acids is 1. The van der Waals surface area contributed by atoms with Crippen molar-refractivity contribution in [2.75, 3.05) is 18.4 Å². The summed E-state index contributed by atoms with van der Waals surface area (Å²) in [5.41, 5.74) is 2.10. The number of nitrogens with one attached hydrogen (secondary N) is 3. The average molecular weight is 409 g/mol. The molecule has 0 heterocycles. The van der Waals surface area contributed by atoms with E-state index in [0.717, 1.165) is 5.56 Å². The van der Waals surface area contributed by atoms with Crippen molar-refractivity contribution in [1.29, 1.82) is 0 Å². The predicted octanol–water partition coefficient (Wildman–Crippen LogP) is 3.24. The molecule has 0 spiro atoms. The van der Waals surface area contributed by atoms with Crippen molar-refractivity contribution in [3.05, 3.63) is 54.1 Å². The molecule has 0 aliphatic rings. The van der Waals surface area contributed by atoms with Gasteiger partial charge in [-0.25, -0.2) is 4.79 Å². The molecule has 0 aromatic heterocycles. The third-order valence-electron chi connectivity index (χ3n) is 3.70. The SMILES string of the molecule is O=C(O)CNC(=O)c1ccc(-c2cccc(NC(=O)NCCC(F)(F)F)c2)cc1. The van der Waals surface area contributed by atoms with Crippen LogP contribution in [0, 0.1) is 0 Å². The summed E-state index contributed by atoms with van der Waals surface area (Å²) in [5, 5.41) is 15.4. The number of benzene rings is 2. The Morgan fingerprint density at radius 1 is 0.931 bits per heavy atom. The molecule has 0 fully saturated rings. The highest BCUT2D eigenvalue weighted by molar-refractivity contribution is 5.96. The van der Waals surface area contributed by atoms with Gasteiger partial charge in [-0.3, -0.25) is 9.59 Å². The molecule has 0 aliphatic carbocycles. The molecule has 154 valence electrons. The molecule has 0 saturated carbocycles. The van der Waals surface area contributed by atoms with Gasteiger partial charge < -0.3 is 21.1 Å². The van der Waals surface area contributed by atoms with Crippen LogP contribution in [0.4, 0.5) is 23.7 Å². The number of carbonyl (C=O) groups is 3. The van der Waals surface area contributed by atoms with Crippen molar-refractivity contribution in [3.8, 4) is 11.1 Å². The minimum atomic E-state index is -4.34. The number of halogens is 3. The molecule has 0 bridgehead atoms. The quantitative estimate of drug-likeness (QED) is 0.563. The van der Waals surface area contributed by atoms with Gasteiger partial charge in [0.05, 0.1) is 6.42 Å². The molecule has 0 unspecified atom stereocenters. The van der Waals surface area contributed by atoms with Crippen LogP contribution in [0.15, 0.2) is 48.5 Å². The van der Waals surface area contributed by atoms with E-state index in [1.54, 1.807) is 36.4 Å². The second-order valence-corrected chi connectivity index (χ2v) is 5.98. The second kappa shape index (κ2) is 9.58. The summed E-state index contributed by atoms with van der Waals surface area (Å²) < 4.78 is 36.3. The first-order valence-corrected chi connectivity index (χ1v) is 8.46. The van der Waals surface area contributed by atoms with Gasteiger partial charge >= 0.3 is 18.2 Å². The fourth-order valence-electron chi connectivity index (χ4n) is 2.34. The number of alkyl halides is 3. The maximum absolute atomic E-state index is 12.1. The number of carboxylic acid groups (broad SMARTS) is 1. The van der Waals surface area contributed by atoms with Crippen LogP contribution < -0.4 is 16.0 Å². The number of carbonyl (C=O) groups excluding carboxylic acids is 2. The lowest BCUT2D eigenvalue weighted by Crippen LogP contribution is -2.31. The minimum absolute atomic E-state index is 0.285. The fourth-order valence-corrected chi connectivity index (χ4v) is 2.34. The molecule has 0 aliphatic heterocycles. The zero-order valence-electron chi connectivity index (χ0n) is 15.0. The van der Waals surface area contributed by atoms with Crippen LogP contribution in [0.5, 0.6) is 0 Å². The van der Waals surface area contributed by atoms with E-state index in [1.807, 2.05) is 0 Å². The number of urea groups is 1. The van der Waals surface area contributed by atoms with Crippen LogP contribution in [-0.2, 0) is 4.79 Å². The molecule has 0 radical (unpaired) electrons. The Hall–Kier alpha value is -3.56. The molecule has 2 aromatic carbocycles. The predicted molar refractivity (Wildman–Crippen MR) is 99.5 cm³/mol. The summed E-state index contributed by atoms with van der Waals surface area (Å²) in [5.74, 6) is -1.67. The Kier molecular flexibility index (Phi) is 7.18. The van der Waals surface area contributed by atoms with Gasteiger partial charge in [0.2, 0.25) is 0 Å². The zero-order valence-corrected chi connectivity index (χ0v) is 15.0. The number of amides is 3. The third-order valence-corrected chi connectivity index (χ3v) is 3.70. The summed E-state index contributed by atoms with van der Waals surface area (Å²) in [6.45, 7) is -1.01. The summed E-state index contributed by atoms with van der Waals surface area (Å²) >= 11 is 0. The first-order chi connectivity index (χ1) is 13.6. The minimum Gasteiger partial charge on any atom is -0.480 e. The van der Waals surface area contributed by atoms with E-state index in [4.69, 9.17) is 5.11 Å². The third kappa shape index (κ3) is 7.53. The molecule has 2 rings (SSSR count). The first kappa shape index (κ1) is 21.7. The Balaban J connectivity index is 1.99. The van der Waals surface area contributed by atoms with Crippen molar-refractivity contribution >= 4 is 23.6 Å². The van der Waals surface area contributed by atoms with Gasteiger partial charge in [-0.05, 0) is 35.4 Å². The Morgan fingerprint density at radius 3 is 2.24 bits per heavy atom. The molecule has 10 heteroatoms. The molecule has 4 N–H and O–H groups in total. The van der Waals surface area contributed by atoms with Crippen molar-refractivity contribution < 1.29 is 32.7 Å². The molecule has 29 heavy (non-hydrogen) atoms. The van der Waals surface area contributed by atoms with Crippen molar-refractivity contribution in [3.63, 3.8) is 0 Å². The number of carboxylic acids is 1. The molecule has 3 amide bonds. The lowest BCUT2D eigenvalue weighted by atomic mass is 10.0. The van der Waals surface area contributed by atoms with Crippen molar-refractivity contribution in [2.24, 2.45) is 0 Å².